The molecule has 2 saturated carbocycles. The molecule has 3 aliphatic rings. The Kier molecular flexibility index (Phi) is 6.61. The van der Waals surface area contributed by atoms with E-state index in [-0.39, 0.29) is 36.4 Å². The van der Waals surface area contributed by atoms with Crippen LogP contribution in [0.1, 0.15) is 59.4 Å². The highest BCUT2D eigenvalue weighted by atomic mass is 32.2. The third-order valence-corrected chi connectivity index (χ3v) is 10.9. The summed E-state index contributed by atoms with van der Waals surface area (Å²) in [4.78, 5) is 19.6. The van der Waals surface area contributed by atoms with Crippen molar-refractivity contribution in [2.24, 2.45) is 11.3 Å². The fraction of sp³-hybridized carbons (Fsp3) is 0.367. The van der Waals surface area contributed by atoms with E-state index in [4.69, 9.17) is 0 Å². The van der Waals surface area contributed by atoms with Gasteiger partial charge in [-0.2, -0.15) is 28.2 Å². The Morgan fingerprint density at radius 1 is 1.00 bits per heavy atom. The Balaban J connectivity index is 1.28. The molecular weight excluding hydrogens is 600 g/mol. The monoisotopic (exact) mass is 626 g/mol. The second kappa shape index (κ2) is 10.2. The Morgan fingerprint density at radius 3 is 2.45 bits per heavy atom. The zero-order chi connectivity index (χ0) is 30.9. The highest BCUT2D eigenvalue weighted by Crippen LogP contribution is 2.52. The fourth-order valence-electron chi connectivity index (χ4n) is 6.26. The molecule has 2 fully saturated rings. The van der Waals surface area contributed by atoms with E-state index in [1.807, 2.05) is 0 Å². The van der Waals surface area contributed by atoms with Crippen molar-refractivity contribution in [2.45, 2.75) is 61.5 Å². The average molecular weight is 627 g/mol. The molecule has 228 valence electrons. The van der Waals surface area contributed by atoms with Gasteiger partial charge < -0.3 is 0 Å². The number of carbonyl (C=O) groups excluding carboxylic acids is 1. The second-order valence-electron chi connectivity index (χ2n) is 11.7. The first kappa shape index (κ1) is 28.6. The number of hydrogen-bond donors (Lipinski definition) is 0. The van der Waals surface area contributed by atoms with E-state index in [1.165, 1.54) is 23.1 Å². The van der Waals surface area contributed by atoms with Crippen LogP contribution in [0.3, 0.4) is 0 Å². The number of alkyl halides is 3. The summed E-state index contributed by atoms with van der Waals surface area (Å²) in [7, 11) is -4.01. The molecule has 2 atom stereocenters. The van der Waals surface area contributed by atoms with Crippen molar-refractivity contribution in [3.63, 3.8) is 0 Å². The minimum atomic E-state index is -4.63. The molecule has 0 saturated heterocycles. The number of sulfone groups is 1. The lowest BCUT2D eigenvalue weighted by Gasteiger charge is -2.43. The van der Waals surface area contributed by atoms with Gasteiger partial charge in [-0.15, -0.1) is 5.10 Å². The van der Waals surface area contributed by atoms with Crippen molar-refractivity contribution in [1.29, 1.82) is 0 Å². The van der Waals surface area contributed by atoms with Gasteiger partial charge in [-0.1, -0.05) is 5.57 Å². The summed E-state index contributed by atoms with van der Waals surface area (Å²) in [6, 6.07) is 7.59. The zero-order valence-electron chi connectivity index (χ0n) is 23.2. The van der Waals surface area contributed by atoms with Gasteiger partial charge in [0.1, 0.15) is 11.5 Å². The minimum absolute atomic E-state index is 0.0668. The number of rotatable bonds is 7. The summed E-state index contributed by atoms with van der Waals surface area (Å²) >= 11 is 0. The predicted molar refractivity (Wildman–Crippen MR) is 149 cm³/mol. The van der Waals surface area contributed by atoms with Crippen molar-refractivity contribution in [3.05, 3.63) is 88.9 Å². The maximum absolute atomic E-state index is 14.3. The maximum atomic E-state index is 14.3. The molecule has 44 heavy (non-hydrogen) atoms. The van der Waals surface area contributed by atoms with Gasteiger partial charge in [-0.3, -0.25) is 9.78 Å². The van der Waals surface area contributed by atoms with Gasteiger partial charge in [0.05, 0.1) is 46.5 Å². The number of hydrogen-bond acceptors (Lipinski definition) is 7. The standard InChI is InChI=1S/C30H26F4N6O3S/c31-22-5-7-23(8-6-22)40-26-11-20-3-9-24(44(42,43)27-16-36-39(38-27)17-18-1-2-18)13-29(20,12-19(26)14-37-40)28(41)25-10-4-21(15-35-25)30(32,33)34/h4-8,10-11,14-16,18,24H,1-3,9,12-13,17H2/t24-,29-/m0/s1. The molecule has 0 aliphatic heterocycles. The summed E-state index contributed by atoms with van der Waals surface area (Å²) < 4.78 is 82.7. The van der Waals surface area contributed by atoms with Gasteiger partial charge in [-0.25, -0.2) is 17.5 Å². The molecule has 4 aromatic rings. The molecule has 0 amide bonds. The quantitative estimate of drug-likeness (QED) is 0.203. The van der Waals surface area contributed by atoms with Gasteiger partial charge in [0.2, 0.25) is 9.84 Å². The van der Waals surface area contributed by atoms with Crippen LogP contribution >= 0.6 is 0 Å². The number of allylic oxidation sites excluding steroid dienone is 1. The van der Waals surface area contributed by atoms with Crippen LogP contribution in [0.25, 0.3) is 11.8 Å². The Bertz CT molecular complexity index is 1890. The van der Waals surface area contributed by atoms with Crippen LogP contribution in [0.15, 0.2) is 65.6 Å². The van der Waals surface area contributed by atoms with Crippen LogP contribution in [0.2, 0.25) is 0 Å². The third-order valence-electron chi connectivity index (χ3n) is 8.81. The number of aromatic nitrogens is 6. The van der Waals surface area contributed by atoms with Crippen LogP contribution < -0.4 is 0 Å². The average Bonchev–Trinajstić information content (AvgIpc) is 3.52. The molecule has 7 rings (SSSR count). The van der Waals surface area contributed by atoms with E-state index >= 15 is 0 Å². The van der Waals surface area contributed by atoms with E-state index in [2.05, 4.69) is 20.3 Å². The Hall–Kier alpha value is -4.20. The first-order valence-corrected chi connectivity index (χ1v) is 15.7. The Morgan fingerprint density at radius 2 is 1.77 bits per heavy atom. The van der Waals surface area contributed by atoms with Gasteiger partial charge in [0, 0.05) is 6.20 Å². The molecule has 1 aromatic carbocycles. The molecule has 3 aliphatic carbocycles. The largest absolute Gasteiger partial charge is 0.417 e. The van der Waals surface area contributed by atoms with Gasteiger partial charge in [0.25, 0.3) is 0 Å². The minimum Gasteiger partial charge on any atom is -0.291 e. The molecular formula is C30H26F4N6O3S. The number of pyridine rings is 1. The van der Waals surface area contributed by atoms with E-state index < -0.39 is 43.8 Å². The van der Waals surface area contributed by atoms with E-state index in [0.29, 0.717) is 41.2 Å². The lowest BCUT2D eigenvalue weighted by molar-refractivity contribution is -0.137. The number of fused-ring (bicyclic) bond motifs is 2. The summed E-state index contributed by atoms with van der Waals surface area (Å²) in [6.45, 7) is 0.538. The highest BCUT2D eigenvalue weighted by Gasteiger charge is 2.52. The zero-order valence-corrected chi connectivity index (χ0v) is 24.0. The van der Waals surface area contributed by atoms with Gasteiger partial charge >= 0.3 is 6.18 Å². The molecule has 0 unspecified atom stereocenters. The first-order chi connectivity index (χ1) is 20.9. The fourth-order valence-corrected chi connectivity index (χ4v) is 7.94. The highest BCUT2D eigenvalue weighted by molar-refractivity contribution is 7.92. The van der Waals surface area contributed by atoms with E-state index in [1.54, 1.807) is 29.1 Å². The van der Waals surface area contributed by atoms with Crippen molar-refractivity contribution in [2.75, 3.05) is 0 Å². The van der Waals surface area contributed by atoms with E-state index in [0.717, 1.165) is 25.0 Å². The first-order valence-electron chi connectivity index (χ1n) is 14.2. The normalized spacial score (nSPS) is 21.8. The number of benzene rings is 1. The van der Waals surface area contributed by atoms with Crippen molar-refractivity contribution >= 4 is 21.7 Å². The van der Waals surface area contributed by atoms with Crippen molar-refractivity contribution in [3.8, 4) is 5.69 Å². The summed E-state index contributed by atoms with van der Waals surface area (Å²) in [5.41, 5.74) is -0.0239. The molecule has 3 aromatic heterocycles. The molecule has 3 heterocycles. The molecule has 14 heteroatoms. The lowest BCUT2D eigenvalue weighted by Crippen LogP contribution is -2.46. The van der Waals surface area contributed by atoms with Crippen LogP contribution in [-0.2, 0) is 29.0 Å². The molecule has 0 N–H and O–H groups in total. The second-order valence-corrected chi connectivity index (χ2v) is 13.9. The number of Topliss-reactive ketones (excluding diaryl/α,β-unsaturated/α-hetero) is 1. The van der Waals surface area contributed by atoms with Gasteiger partial charge in [0.15, 0.2) is 10.8 Å². The van der Waals surface area contributed by atoms with Crippen LogP contribution in [-0.4, -0.2) is 49.2 Å². The van der Waals surface area contributed by atoms with Crippen LogP contribution in [0, 0.1) is 17.2 Å². The summed E-state index contributed by atoms with van der Waals surface area (Å²) in [5.74, 6) is -0.534. The summed E-state index contributed by atoms with van der Waals surface area (Å²) in [6.07, 6.45) is 3.08. The van der Waals surface area contributed by atoms with Crippen LogP contribution in [0.4, 0.5) is 17.6 Å². The molecule has 9 nitrogen and oxygen atoms in total. The number of nitrogens with zero attached hydrogens (tertiary/aromatic N) is 6. The number of carbonyl (C=O) groups is 1. The predicted octanol–water partition coefficient (Wildman–Crippen LogP) is 5.26. The smallest absolute Gasteiger partial charge is 0.291 e. The Labute approximate surface area is 249 Å². The van der Waals surface area contributed by atoms with E-state index in [9.17, 15) is 30.8 Å². The summed E-state index contributed by atoms with van der Waals surface area (Å²) in [5, 5.41) is 11.7. The maximum Gasteiger partial charge on any atom is 0.417 e. The topological polar surface area (TPSA) is 113 Å². The molecule has 0 radical (unpaired) electrons. The SMILES string of the molecule is O=C(c1ccc(C(F)(F)F)cn1)[C@]12Cc3cnn(-c4ccc(F)cc4)c3C=C1CC[C@H](S(=O)(=O)c1cnn(CC3CC3)n1)C2. The number of halogens is 4. The lowest BCUT2D eigenvalue weighted by atomic mass is 9.61. The number of ketones is 1. The molecule has 0 spiro atoms. The third kappa shape index (κ3) is 4.94. The van der Waals surface area contributed by atoms with Crippen molar-refractivity contribution < 1.29 is 30.8 Å². The van der Waals surface area contributed by atoms with Crippen LogP contribution in [0.5, 0.6) is 0 Å². The van der Waals surface area contributed by atoms with Crippen molar-refractivity contribution in [1.82, 2.24) is 29.8 Å². The molecule has 0 bridgehead atoms. The van der Waals surface area contributed by atoms with Gasteiger partial charge in [-0.05, 0) is 92.5 Å².